The van der Waals surface area contributed by atoms with Crippen molar-refractivity contribution in [1.29, 1.82) is 0 Å². The summed E-state index contributed by atoms with van der Waals surface area (Å²) in [6.45, 7) is 0. The molecule has 0 aliphatic rings. The van der Waals surface area contributed by atoms with Crippen LogP contribution in [0.4, 0.5) is 0 Å². The molecule has 10 rings (SSSR count). The second-order valence-corrected chi connectivity index (χ2v) is 14.0. The lowest BCUT2D eigenvalue weighted by Gasteiger charge is -2.20. The summed E-state index contributed by atoms with van der Waals surface area (Å²) in [5, 5.41) is 7.50. The van der Waals surface area contributed by atoms with Gasteiger partial charge in [0, 0.05) is 0 Å². The maximum absolute atomic E-state index is 2.45. The van der Waals surface area contributed by atoms with Crippen molar-refractivity contribution in [2.24, 2.45) is 0 Å². The van der Waals surface area contributed by atoms with Crippen LogP contribution in [-0.4, -0.2) is 0 Å². The second kappa shape index (κ2) is 13.5. The smallest absolute Gasteiger partial charge is 0.00261 e. The number of hydrogen-bond acceptors (Lipinski definition) is 0. The molecule has 0 aromatic heterocycles. The van der Waals surface area contributed by atoms with Crippen LogP contribution in [0.5, 0.6) is 0 Å². The first-order valence-corrected chi connectivity index (χ1v) is 18.7. The fourth-order valence-corrected chi connectivity index (χ4v) is 8.41. The lowest BCUT2D eigenvalue weighted by atomic mass is 9.83. The van der Waals surface area contributed by atoms with Crippen LogP contribution in [0.15, 0.2) is 218 Å². The van der Waals surface area contributed by atoms with Crippen LogP contribution >= 0.6 is 0 Å². The average molecular weight is 685 g/mol. The van der Waals surface area contributed by atoms with Crippen LogP contribution in [0, 0.1) is 0 Å². The van der Waals surface area contributed by atoms with E-state index in [2.05, 4.69) is 218 Å². The van der Waals surface area contributed by atoms with Crippen LogP contribution in [0.3, 0.4) is 0 Å². The SMILES string of the molecule is c1ccc(-c2ccc(-c3c(-c4ccccc4-c4ccccc4)ccc4ccc(-c5c6ccccc6c(-c6ccccc6)c6ccccc56)cc34)cc2)cc1. The van der Waals surface area contributed by atoms with Crippen molar-refractivity contribution >= 4 is 32.3 Å². The quantitative estimate of drug-likeness (QED) is 0.153. The van der Waals surface area contributed by atoms with E-state index in [9.17, 15) is 0 Å². The molecule has 0 spiro atoms. The van der Waals surface area contributed by atoms with Crippen LogP contribution < -0.4 is 0 Å². The van der Waals surface area contributed by atoms with E-state index < -0.39 is 0 Å². The molecule has 0 bridgehead atoms. The summed E-state index contributed by atoms with van der Waals surface area (Å²) in [6.07, 6.45) is 0. The second-order valence-electron chi connectivity index (χ2n) is 14.0. The van der Waals surface area contributed by atoms with Gasteiger partial charge in [0.05, 0.1) is 0 Å². The molecule has 0 radical (unpaired) electrons. The molecule has 0 heterocycles. The molecule has 10 aromatic rings. The molecule has 0 fully saturated rings. The molecule has 0 heteroatoms. The molecule has 0 amide bonds. The number of hydrogen-bond donors (Lipinski definition) is 0. The number of benzene rings is 10. The van der Waals surface area contributed by atoms with Gasteiger partial charge in [-0.3, -0.25) is 0 Å². The van der Waals surface area contributed by atoms with Crippen LogP contribution in [0.1, 0.15) is 0 Å². The Morgan fingerprint density at radius 3 is 1.17 bits per heavy atom. The zero-order valence-corrected chi connectivity index (χ0v) is 29.8. The van der Waals surface area contributed by atoms with Crippen LogP contribution in [0.2, 0.25) is 0 Å². The maximum Gasteiger partial charge on any atom is -0.00261 e. The molecule has 0 aliphatic carbocycles. The van der Waals surface area contributed by atoms with Gasteiger partial charge in [-0.25, -0.2) is 0 Å². The van der Waals surface area contributed by atoms with Gasteiger partial charge >= 0.3 is 0 Å². The van der Waals surface area contributed by atoms with Crippen LogP contribution in [0.25, 0.3) is 99.1 Å². The van der Waals surface area contributed by atoms with E-state index in [1.807, 2.05) is 0 Å². The zero-order chi connectivity index (χ0) is 35.8. The monoisotopic (exact) mass is 684 g/mol. The third-order valence-electron chi connectivity index (χ3n) is 10.9. The van der Waals surface area contributed by atoms with Crippen LogP contribution in [-0.2, 0) is 0 Å². The first kappa shape index (κ1) is 31.7. The van der Waals surface area contributed by atoms with Gasteiger partial charge in [-0.15, -0.1) is 0 Å². The minimum absolute atomic E-state index is 1.20. The van der Waals surface area contributed by atoms with Crippen molar-refractivity contribution in [2.75, 3.05) is 0 Å². The molecule has 0 saturated heterocycles. The highest BCUT2D eigenvalue weighted by Crippen LogP contribution is 2.47. The summed E-state index contributed by atoms with van der Waals surface area (Å²) in [6, 6.07) is 79.7. The summed E-state index contributed by atoms with van der Waals surface area (Å²) in [5.41, 5.74) is 14.8. The molecular formula is C54H36. The molecule has 54 heavy (non-hydrogen) atoms. The number of rotatable bonds is 6. The highest BCUT2D eigenvalue weighted by atomic mass is 14.2. The Balaban J connectivity index is 1.26. The standard InChI is InChI=1S/C54H36/c1-4-16-37(17-5-1)38-28-31-42(32-29-38)53-50(45-23-11-10-22-44(45)39-18-6-2-7-19-39)35-34-40-30-33-43(36-51(40)53)54-48-26-14-12-24-46(48)52(41-20-8-3-9-21-41)47-25-13-15-27-49(47)54/h1-36H. The van der Waals surface area contributed by atoms with E-state index >= 15 is 0 Å². The summed E-state index contributed by atoms with van der Waals surface area (Å²) >= 11 is 0. The Hall–Kier alpha value is -7.02. The predicted molar refractivity (Wildman–Crippen MR) is 232 cm³/mol. The fourth-order valence-electron chi connectivity index (χ4n) is 8.41. The van der Waals surface area contributed by atoms with Gasteiger partial charge < -0.3 is 0 Å². The lowest BCUT2D eigenvalue weighted by molar-refractivity contribution is 1.57. The van der Waals surface area contributed by atoms with Crippen molar-refractivity contribution in [3.05, 3.63) is 218 Å². The van der Waals surface area contributed by atoms with E-state index in [1.54, 1.807) is 0 Å². The topological polar surface area (TPSA) is 0 Å². The summed E-state index contributed by atoms with van der Waals surface area (Å²) < 4.78 is 0. The minimum atomic E-state index is 1.20. The van der Waals surface area contributed by atoms with Gasteiger partial charge in [-0.1, -0.05) is 212 Å². The highest BCUT2D eigenvalue weighted by molar-refractivity contribution is 6.22. The normalized spacial score (nSPS) is 11.3. The van der Waals surface area contributed by atoms with Gasteiger partial charge in [0.2, 0.25) is 0 Å². The molecule has 252 valence electrons. The van der Waals surface area contributed by atoms with Gasteiger partial charge in [0.1, 0.15) is 0 Å². The largest absolute Gasteiger partial charge is 0.0622 e. The number of fused-ring (bicyclic) bond motifs is 3. The molecule has 0 aliphatic heterocycles. The van der Waals surface area contributed by atoms with Gasteiger partial charge in [-0.05, 0) is 105 Å². The lowest BCUT2D eigenvalue weighted by Crippen LogP contribution is -1.93. The maximum atomic E-state index is 2.45. The summed E-state index contributed by atoms with van der Waals surface area (Å²) in [5.74, 6) is 0. The van der Waals surface area contributed by atoms with Crippen molar-refractivity contribution in [3.63, 3.8) is 0 Å². The van der Waals surface area contributed by atoms with E-state index in [4.69, 9.17) is 0 Å². The van der Waals surface area contributed by atoms with E-state index in [1.165, 1.54) is 99.1 Å². The van der Waals surface area contributed by atoms with E-state index in [0.717, 1.165) is 0 Å². The van der Waals surface area contributed by atoms with E-state index in [-0.39, 0.29) is 0 Å². The van der Waals surface area contributed by atoms with Crippen molar-refractivity contribution < 1.29 is 0 Å². The summed E-state index contributed by atoms with van der Waals surface area (Å²) in [7, 11) is 0. The Kier molecular flexibility index (Phi) is 7.93. The molecule has 0 saturated carbocycles. The zero-order valence-electron chi connectivity index (χ0n) is 29.8. The average Bonchev–Trinajstić information content (AvgIpc) is 3.26. The predicted octanol–water partition coefficient (Wildman–Crippen LogP) is 15.1. The fraction of sp³-hybridized carbons (Fsp3) is 0. The first-order chi connectivity index (χ1) is 26.8. The van der Waals surface area contributed by atoms with Crippen molar-refractivity contribution in [2.45, 2.75) is 0 Å². The Bertz CT molecular complexity index is 2880. The molecule has 0 atom stereocenters. The molecule has 0 nitrogen and oxygen atoms in total. The van der Waals surface area contributed by atoms with E-state index in [0.29, 0.717) is 0 Å². The molecule has 0 N–H and O–H groups in total. The Labute approximate surface area is 316 Å². The third kappa shape index (κ3) is 5.48. The van der Waals surface area contributed by atoms with Crippen molar-refractivity contribution in [1.82, 2.24) is 0 Å². The molecule has 10 aromatic carbocycles. The third-order valence-corrected chi connectivity index (χ3v) is 10.9. The van der Waals surface area contributed by atoms with Crippen molar-refractivity contribution in [3.8, 4) is 66.8 Å². The minimum Gasteiger partial charge on any atom is -0.0622 e. The Morgan fingerprint density at radius 2 is 0.574 bits per heavy atom. The van der Waals surface area contributed by atoms with Gasteiger partial charge in [0.25, 0.3) is 0 Å². The Morgan fingerprint density at radius 1 is 0.185 bits per heavy atom. The highest BCUT2D eigenvalue weighted by Gasteiger charge is 2.19. The first-order valence-electron chi connectivity index (χ1n) is 18.7. The van der Waals surface area contributed by atoms with Gasteiger partial charge in [-0.2, -0.15) is 0 Å². The molecular weight excluding hydrogens is 649 g/mol. The molecule has 0 unspecified atom stereocenters. The summed E-state index contributed by atoms with van der Waals surface area (Å²) in [4.78, 5) is 0. The van der Waals surface area contributed by atoms with Gasteiger partial charge in [0.15, 0.2) is 0 Å².